The summed E-state index contributed by atoms with van der Waals surface area (Å²) in [5.41, 5.74) is 8.95. The van der Waals surface area contributed by atoms with Crippen LogP contribution in [0.2, 0.25) is 0 Å². The number of aryl methyl sites for hydroxylation is 1. The fourth-order valence-corrected chi connectivity index (χ4v) is 2.79. The highest BCUT2D eigenvalue weighted by Crippen LogP contribution is 2.15. The third-order valence-electron chi connectivity index (χ3n) is 3.20. The Morgan fingerprint density at radius 2 is 1.95 bits per heavy atom. The van der Waals surface area contributed by atoms with Crippen LogP contribution in [0.15, 0.2) is 34.2 Å². The van der Waals surface area contributed by atoms with Gasteiger partial charge >= 0.3 is 0 Å². The second-order valence-electron chi connectivity index (χ2n) is 4.79. The Hall–Kier alpha value is -2.05. The maximum absolute atomic E-state index is 5.74. The van der Waals surface area contributed by atoms with Crippen molar-refractivity contribution in [1.82, 2.24) is 15.1 Å². The summed E-state index contributed by atoms with van der Waals surface area (Å²) in [6.07, 6.45) is 1.21. The molecule has 0 saturated heterocycles. The molecule has 5 nitrogen and oxygen atoms in total. The van der Waals surface area contributed by atoms with E-state index in [4.69, 9.17) is 10.3 Å². The zero-order valence-corrected chi connectivity index (χ0v) is 12.6. The zero-order valence-electron chi connectivity index (χ0n) is 11.7. The fourth-order valence-electron chi connectivity index (χ4n) is 2.18. The highest BCUT2D eigenvalue weighted by molar-refractivity contribution is 7.09. The largest absolute Gasteiger partial charge is 0.339 e. The van der Waals surface area contributed by atoms with E-state index in [0.29, 0.717) is 31.1 Å². The van der Waals surface area contributed by atoms with Crippen molar-refractivity contribution in [3.8, 4) is 0 Å². The number of rotatable bonds is 5. The Bertz CT molecular complexity index is 735. The number of benzene rings is 1. The minimum atomic E-state index is 0.509. The number of nitrogens with two attached hydrogens (primary N) is 1. The average Bonchev–Trinajstić information content (AvgIpc) is 3.09. The van der Waals surface area contributed by atoms with Crippen molar-refractivity contribution in [2.24, 2.45) is 5.73 Å². The second kappa shape index (κ2) is 6.15. The average molecular weight is 300 g/mol. The summed E-state index contributed by atoms with van der Waals surface area (Å²) in [6.45, 7) is 2.49. The van der Waals surface area contributed by atoms with Crippen LogP contribution in [-0.4, -0.2) is 15.1 Å². The highest BCUT2D eigenvalue weighted by atomic mass is 32.1. The van der Waals surface area contributed by atoms with E-state index >= 15 is 0 Å². The van der Waals surface area contributed by atoms with Crippen LogP contribution in [-0.2, 0) is 19.4 Å². The van der Waals surface area contributed by atoms with Gasteiger partial charge < -0.3 is 10.3 Å². The number of thiazole rings is 1. The van der Waals surface area contributed by atoms with Crippen LogP contribution in [0.3, 0.4) is 0 Å². The molecule has 3 rings (SSSR count). The summed E-state index contributed by atoms with van der Waals surface area (Å²) in [5.74, 6) is 1.28. The van der Waals surface area contributed by atoms with Gasteiger partial charge in [0, 0.05) is 11.9 Å². The van der Waals surface area contributed by atoms with Crippen LogP contribution < -0.4 is 5.73 Å². The molecule has 6 heteroatoms. The first-order valence-electron chi connectivity index (χ1n) is 6.74. The number of nitrogens with zero attached hydrogens (tertiary/aromatic N) is 3. The van der Waals surface area contributed by atoms with Gasteiger partial charge in [-0.15, -0.1) is 11.3 Å². The molecule has 0 aliphatic heterocycles. The standard InChI is InChI=1S/C15H16N4OS/c1-10-17-13(9-21-10)7-14-18-15(20-19-14)6-11-4-2-3-5-12(11)8-16/h2-5,9H,6-8,16H2,1H3. The number of hydrogen-bond donors (Lipinski definition) is 1. The minimum absolute atomic E-state index is 0.509. The summed E-state index contributed by atoms with van der Waals surface area (Å²) in [6, 6.07) is 8.03. The Morgan fingerprint density at radius 1 is 1.14 bits per heavy atom. The predicted molar refractivity (Wildman–Crippen MR) is 81.1 cm³/mol. The smallest absolute Gasteiger partial charge is 0.231 e. The summed E-state index contributed by atoms with van der Waals surface area (Å²) in [4.78, 5) is 8.84. The van der Waals surface area contributed by atoms with Crippen LogP contribution in [0.25, 0.3) is 0 Å². The lowest BCUT2D eigenvalue weighted by Gasteiger charge is -2.03. The summed E-state index contributed by atoms with van der Waals surface area (Å²) >= 11 is 1.63. The molecule has 2 heterocycles. The van der Waals surface area contributed by atoms with Crippen molar-refractivity contribution in [3.05, 3.63) is 63.2 Å². The maximum atomic E-state index is 5.74. The van der Waals surface area contributed by atoms with Crippen LogP contribution in [0.4, 0.5) is 0 Å². The summed E-state index contributed by atoms with van der Waals surface area (Å²) < 4.78 is 5.32. The molecule has 0 unspecified atom stereocenters. The molecule has 0 spiro atoms. The first kappa shape index (κ1) is 13.9. The molecule has 108 valence electrons. The Kier molecular flexibility index (Phi) is 4.08. The predicted octanol–water partition coefficient (Wildman–Crippen LogP) is 2.47. The number of aromatic nitrogens is 3. The lowest BCUT2D eigenvalue weighted by Crippen LogP contribution is -2.02. The summed E-state index contributed by atoms with van der Waals surface area (Å²) in [7, 11) is 0. The SMILES string of the molecule is Cc1nc(Cc2noc(Cc3ccccc3CN)n2)cs1. The lowest BCUT2D eigenvalue weighted by molar-refractivity contribution is 0.380. The van der Waals surface area contributed by atoms with Crippen molar-refractivity contribution in [1.29, 1.82) is 0 Å². The minimum Gasteiger partial charge on any atom is -0.339 e. The topological polar surface area (TPSA) is 77.8 Å². The third-order valence-corrected chi connectivity index (χ3v) is 4.02. The van der Waals surface area contributed by atoms with E-state index in [0.717, 1.165) is 21.8 Å². The van der Waals surface area contributed by atoms with Crippen LogP contribution in [0.5, 0.6) is 0 Å². The highest BCUT2D eigenvalue weighted by Gasteiger charge is 2.11. The first-order valence-corrected chi connectivity index (χ1v) is 7.62. The summed E-state index contributed by atoms with van der Waals surface area (Å²) in [5, 5.41) is 7.09. The second-order valence-corrected chi connectivity index (χ2v) is 5.85. The van der Waals surface area contributed by atoms with Crippen LogP contribution in [0, 0.1) is 6.92 Å². The molecule has 0 atom stereocenters. The molecule has 0 radical (unpaired) electrons. The molecule has 3 aromatic rings. The molecule has 0 bridgehead atoms. The molecule has 0 aliphatic carbocycles. The van der Waals surface area contributed by atoms with Crippen molar-refractivity contribution < 1.29 is 4.52 Å². The molecule has 21 heavy (non-hydrogen) atoms. The molecule has 0 saturated carbocycles. The molecule has 0 fully saturated rings. The van der Waals surface area contributed by atoms with E-state index in [1.165, 1.54) is 0 Å². The molecule has 2 aromatic heterocycles. The fraction of sp³-hybridized carbons (Fsp3) is 0.267. The van der Waals surface area contributed by atoms with Crippen molar-refractivity contribution in [3.63, 3.8) is 0 Å². The molecule has 0 aliphatic rings. The van der Waals surface area contributed by atoms with Crippen molar-refractivity contribution >= 4 is 11.3 Å². The number of hydrogen-bond acceptors (Lipinski definition) is 6. The van der Waals surface area contributed by atoms with E-state index in [9.17, 15) is 0 Å². The normalized spacial score (nSPS) is 11.0. The van der Waals surface area contributed by atoms with E-state index in [-0.39, 0.29) is 0 Å². The zero-order chi connectivity index (χ0) is 14.7. The van der Waals surface area contributed by atoms with Gasteiger partial charge in [-0.2, -0.15) is 4.98 Å². The van der Waals surface area contributed by atoms with Gasteiger partial charge in [0.15, 0.2) is 5.82 Å². The van der Waals surface area contributed by atoms with E-state index in [1.54, 1.807) is 11.3 Å². The van der Waals surface area contributed by atoms with Crippen LogP contribution in [0.1, 0.15) is 33.5 Å². The van der Waals surface area contributed by atoms with Crippen molar-refractivity contribution in [2.75, 3.05) is 0 Å². The Morgan fingerprint density at radius 3 is 2.67 bits per heavy atom. The van der Waals surface area contributed by atoms with Crippen molar-refractivity contribution in [2.45, 2.75) is 26.3 Å². The van der Waals surface area contributed by atoms with Gasteiger partial charge in [-0.1, -0.05) is 29.4 Å². The van der Waals surface area contributed by atoms with Gasteiger partial charge in [-0.3, -0.25) is 0 Å². The third kappa shape index (κ3) is 3.34. The van der Waals surface area contributed by atoms with Gasteiger partial charge in [-0.25, -0.2) is 4.98 Å². The quantitative estimate of drug-likeness (QED) is 0.783. The Balaban J connectivity index is 1.73. The lowest BCUT2D eigenvalue weighted by atomic mass is 10.0. The molecule has 1 aromatic carbocycles. The van der Waals surface area contributed by atoms with E-state index < -0.39 is 0 Å². The molecular formula is C15H16N4OS. The van der Waals surface area contributed by atoms with Crippen LogP contribution >= 0.6 is 11.3 Å². The monoisotopic (exact) mass is 300 g/mol. The first-order chi connectivity index (χ1) is 10.2. The van der Waals surface area contributed by atoms with E-state index in [2.05, 4.69) is 15.1 Å². The maximum Gasteiger partial charge on any atom is 0.231 e. The molecular weight excluding hydrogens is 284 g/mol. The molecule has 2 N–H and O–H groups in total. The molecule has 0 amide bonds. The van der Waals surface area contributed by atoms with Gasteiger partial charge in [0.25, 0.3) is 0 Å². The van der Waals surface area contributed by atoms with E-state index in [1.807, 2.05) is 36.6 Å². The Labute approximate surface area is 126 Å². The van der Waals surface area contributed by atoms with Gasteiger partial charge in [0.05, 0.1) is 23.5 Å². The van der Waals surface area contributed by atoms with Gasteiger partial charge in [0.1, 0.15) is 0 Å². The van der Waals surface area contributed by atoms with Gasteiger partial charge in [0.2, 0.25) is 5.89 Å². The van der Waals surface area contributed by atoms with Gasteiger partial charge in [-0.05, 0) is 18.1 Å².